The predicted octanol–water partition coefficient (Wildman–Crippen LogP) is 3.61. The van der Waals surface area contributed by atoms with E-state index in [1.165, 1.54) is 0 Å². The largest absolute Gasteiger partial charge is 0.327 e. The lowest BCUT2D eigenvalue weighted by Crippen LogP contribution is -2.03. The third kappa shape index (κ3) is 3.94. The summed E-state index contributed by atoms with van der Waals surface area (Å²) in [4.78, 5) is 13.6. The van der Waals surface area contributed by atoms with E-state index in [9.17, 15) is 0 Å². The van der Waals surface area contributed by atoms with Crippen LogP contribution < -0.4 is 16.8 Å². The summed E-state index contributed by atoms with van der Waals surface area (Å²) in [6.45, 7) is 5.22. The third-order valence-corrected chi connectivity index (χ3v) is 4.94. The van der Waals surface area contributed by atoms with Crippen LogP contribution in [0, 0.1) is 13.8 Å². The highest BCUT2D eigenvalue weighted by Crippen LogP contribution is 2.26. The Bertz CT molecular complexity index is 1180. The molecule has 4 rings (SSSR count). The summed E-state index contributed by atoms with van der Waals surface area (Å²) < 4.78 is 2.01. The molecular formula is C23H25N7. The minimum absolute atomic E-state index is 0.515. The molecule has 0 aliphatic carbocycles. The number of aryl methyl sites for hydroxylation is 2. The Morgan fingerprint density at radius 2 is 1.77 bits per heavy atom. The highest BCUT2D eigenvalue weighted by molar-refractivity contribution is 5.75. The van der Waals surface area contributed by atoms with E-state index in [0.29, 0.717) is 19.0 Å². The number of hydrogen-bond donors (Lipinski definition) is 3. The standard InChI is InChI=1S/C23H25N7/c1-15-10-18(4-3-9-24)11-16(2)21(15)30-14-27-20-13-26-23(29-22(20)30)28-19-7-5-17(12-25)6-8-19/h3-8,10-11,13-14H,9,12,24-25H2,1-2H3,(H,26,28,29)/b4-3+. The van der Waals surface area contributed by atoms with Gasteiger partial charge in [0.05, 0.1) is 11.9 Å². The molecule has 7 heteroatoms. The first kappa shape index (κ1) is 19.8. The van der Waals surface area contributed by atoms with Crippen LogP contribution in [-0.2, 0) is 6.54 Å². The topological polar surface area (TPSA) is 108 Å². The maximum Gasteiger partial charge on any atom is 0.229 e. The summed E-state index contributed by atoms with van der Waals surface area (Å²) in [5, 5.41) is 3.25. The maximum absolute atomic E-state index is 5.67. The van der Waals surface area contributed by atoms with Gasteiger partial charge in [0.2, 0.25) is 5.95 Å². The van der Waals surface area contributed by atoms with E-state index in [1.54, 1.807) is 12.5 Å². The molecular weight excluding hydrogens is 374 g/mol. The second kappa shape index (κ2) is 8.44. The van der Waals surface area contributed by atoms with Gasteiger partial charge in [0.25, 0.3) is 0 Å². The summed E-state index contributed by atoms with van der Waals surface area (Å²) in [6, 6.07) is 12.2. The first-order valence-corrected chi connectivity index (χ1v) is 9.83. The SMILES string of the molecule is Cc1cc(/C=C/CN)cc(C)c1-n1cnc2cnc(Nc3ccc(CN)cc3)nc21. The molecule has 30 heavy (non-hydrogen) atoms. The van der Waals surface area contributed by atoms with Gasteiger partial charge < -0.3 is 16.8 Å². The molecule has 0 radical (unpaired) electrons. The molecule has 0 atom stereocenters. The van der Waals surface area contributed by atoms with E-state index >= 15 is 0 Å². The van der Waals surface area contributed by atoms with Crippen molar-refractivity contribution in [2.24, 2.45) is 11.5 Å². The number of benzene rings is 2. The first-order valence-electron chi connectivity index (χ1n) is 9.83. The van der Waals surface area contributed by atoms with Crippen LogP contribution in [0.2, 0.25) is 0 Å². The van der Waals surface area contributed by atoms with Crippen LogP contribution in [0.3, 0.4) is 0 Å². The van der Waals surface area contributed by atoms with Gasteiger partial charge in [0, 0.05) is 18.8 Å². The van der Waals surface area contributed by atoms with Gasteiger partial charge in [0.15, 0.2) is 5.65 Å². The molecule has 0 saturated heterocycles. The van der Waals surface area contributed by atoms with Gasteiger partial charge in [-0.1, -0.05) is 24.3 Å². The normalized spacial score (nSPS) is 11.5. The minimum Gasteiger partial charge on any atom is -0.327 e. The van der Waals surface area contributed by atoms with E-state index < -0.39 is 0 Å². The van der Waals surface area contributed by atoms with Crippen molar-refractivity contribution in [3.05, 3.63) is 77.3 Å². The molecule has 2 aromatic carbocycles. The average Bonchev–Trinajstić information content (AvgIpc) is 3.15. The fraction of sp³-hybridized carbons (Fsp3) is 0.174. The van der Waals surface area contributed by atoms with Crippen LogP contribution in [0.4, 0.5) is 11.6 Å². The number of nitrogens with one attached hydrogen (secondary N) is 1. The smallest absolute Gasteiger partial charge is 0.229 e. The van der Waals surface area contributed by atoms with Crippen LogP contribution in [0.1, 0.15) is 22.3 Å². The van der Waals surface area contributed by atoms with Gasteiger partial charge in [-0.2, -0.15) is 4.98 Å². The lowest BCUT2D eigenvalue weighted by atomic mass is 10.0. The van der Waals surface area contributed by atoms with Crippen LogP contribution in [0.15, 0.2) is 55.0 Å². The van der Waals surface area contributed by atoms with Crippen LogP contribution >= 0.6 is 0 Å². The molecule has 0 aliphatic rings. The van der Waals surface area contributed by atoms with Crippen LogP contribution in [-0.4, -0.2) is 26.1 Å². The number of nitrogens with two attached hydrogens (primary N) is 2. The number of fused-ring (bicyclic) bond motifs is 1. The Labute approximate surface area is 175 Å². The third-order valence-electron chi connectivity index (χ3n) is 4.94. The van der Waals surface area contributed by atoms with Crippen LogP contribution in [0.5, 0.6) is 0 Å². The van der Waals surface area contributed by atoms with Crippen molar-refractivity contribution in [2.75, 3.05) is 11.9 Å². The summed E-state index contributed by atoms with van der Waals surface area (Å²) in [5.74, 6) is 0.516. The Hall–Kier alpha value is -3.55. The first-order chi connectivity index (χ1) is 14.6. The second-order valence-electron chi connectivity index (χ2n) is 7.18. The molecule has 0 unspecified atom stereocenters. The van der Waals surface area contributed by atoms with E-state index in [1.807, 2.05) is 41.0 Å². The summed E-state index contributed by atoms with van der Waals surface area (Å²) in [5.41, 5.74) is 19.2. The zero-order valence-electron chi connectivity index (χ0n) is 17.1. The molecule has 0 aliphatic heterocycles. The molecule has 4 aromatic rings. The molecule has 0 spiro atoms. The number of rotatable bonds is 6. The molecule has 0 amide bonds. The molecule has 152 valence electrons. The Balaban J connectivity index is 1.72. The Morgan fingerprint density at radius 3 is 2.43 bits per heavy atom. The van der Waals surface area contributed by atoms with Crippen molar-refractivity contribution in [1.29, 1.82) is 0 Å². The fourth-order valence-electron chi connectivity index (χ4n) is 3.56. The number of imidazole rings is 1. The lowest BCUT2D eigenvalue weighted by Gasteiger charge is -2.13. The van der Waals surface area contributed by atoms with Crippen molar-refractivity contribution in [3.63, 3.8) is 0 Å². The number of nitrogens with zero attached hydrogens (tertiary/aromatic N) is 4. The zero-order valence-corrected chi connectivity index (χ0v) is 17.1. The molecule has 5 N–H and O–H groups in total. The number of hydrogen-bond acceptors (Lipinski definition) is 6. The van der Waals surface area contributed by atoms with Gasteiger partial charge in [-0.3, -0.25) is 4.57 Å². The zero-order chi connectivity index (χ0) is 21.1. The summed E-state index contributed by atoms with van der Waals surface area (Å²) >= 11 is 0. The van der Waals surface area contributed by atoms with Gasteiger partial charge in [0.1, 0.15) is 11.8 Å². The van der Waals surface area contributed by atoms with Crippen molar-refractivity contribution in [2.45, 2.75) is 20.4 Å². The highest BCUT2D eigenvalue weighted by atomic mass is 15.2. The van der Waals surface area contributed by atoms with E-state index in [4.69, 9.17) is 16.5 Å². The molecule has 2 aromatic heterocycles. The number of aromatic nitrogens is 4. The van der Waals surface area contributed by atoms with Crippen molar-refractivity contribution < 1.29 is 0 Å². The second-order valence-corrected chi connectivity index (χ2v) is 7.18. The van der Waals surface area contributed by atoms with E-state index in [-0.39, 0.29) is 0 Å². The number of anilines is 2. The van der Waals surface area contributed by atoms with Gasteiger partial charge in [-0.15, -0.1) is 0 Å². The van der Waals surface area contributed by atoms with E-state index in [0.717, 1.165) is 44.8 Å². The average molecular weight is 400 g/mol. The maximum atomic E-state index is 5.67. The van der Waals surface area contributed by atoms with Gasteiger partial charge in [-0.05, 0) is 60.4 Å². The minimum atomic E-state index is 0.515. The van der Waals surface area contributed by atoms with E-state index in [2.05, 4.69) is 41.3 Å². The lowest BCUT2D eigenvalue weighted by molar-refractivity contribution is 1.03. The van der Waals surface area contributed by atoms with Gasteiger partial charge >= 0.3 is 0 Å². The molecule has 0 fully saturated rings. The predicted molar refractivity (Wildman–Crippen MR) is 122 cm³/mol. The monoisotopic (exact) mass is 399 g/mol. The van der Waals surface area contributed by atoms with Crippen molar-refractivity contribution >= 4 is 28.9 Å². The quantitative estimate of drug-likeness (QED) is 0.457. The van der Waals surface area contributed by atoms with Crippen molar-refractivity contribution in [1.82, 2.24) is 19.5 Å². The fourth-order valence-corrected chi connectivity index (χ4v) is 3.56. The molecule has 0 saturated carbocycles. The summed E-state index contributed by atoms with van der Waals surface area (Å²) in [6.07, 6.45) is 7.52. The molecule has 7 nitrogen and oxygen atoms in total. The van der Waals surface area contributed by atoms with Gasteiger partial charge in [-0.25, -0.2) is 9.97 Å². The summed E-state index contributed by atoms with van der Waals surface area (Å²) in [7, 11) is 0. The molecule has 2 heterocycles. The van der Waals surface area contributed by atoms with Crippen molar-refractivity contribution in [3.8, 4) is 5.69 Å². The van der Waals surface area contributed by atoms with Crippen LogP contribution in [0.25, 0.3) is 22.9 Å². The highest BCUT2D eigenvalue weighted by Gasteiger charge is 2.13. The molecule has 0 bridgehead atoms. The Morgan fingerprint density at radius 1 is 1.03 bits per heavy atom. The Kier molecular flexibility index (Phi) is 5.56.